The van der Waals surface area contributed by atoms with Gasteiger partial charge in [-0.15, -0.1) is 0 Å². The SMILES string of the molecule is O=[N+]([O-])c1ccc(-c2ncc(-c3ccc(O)c(O)c3)[nH]2)cc1O. The lowest BCUT2D eigenvalue weighted by atomic mass is 10.1. The van der Waals surface area contributed by atoms with Gasteiger partial charge in [0.2, 0.25) is 0 Å². The molecule has 0 atom stereocenters. The van der Waals surface area contributed by atoms with Crippen LogP contribution in [0.1, 0.15) is 0 Å². The molecular weight excluding hydrogens is 302 g/mol. The number of phenols is 3. The molecule has 0 bridgehead atoms. The van der Waals surface area contributed by atoms with E-state index in [1.807, 2.05) is 0 Å². The molecule has 3 aromatic rings. The lowest BCUT2D eigenvalue weighted by Crippen LogP contribution is -1.89. The van der Waals surface area contributed by atoms with Crippen molar-refractivity contribution in [1.29, 1.82) is 0 Å². The van der Waals surface area contributed by atoms with E-state index in [1.54, 1.807) is 6.07 Å². The third kappa shape index (κ3) is 2.64. The zero-order chi connectivity index (χ0) is 16.6. The number of benzene rings is 2. The van der Waals surface area contributed by atoms with Crippen LogP contribution in [0.3, 0.4) is 0 Å². The molecule has 1 heterocycles. The fraction of sp³-hybridized carbons (Fsp3) is 0. The first-order valence-corrected chi connectivity index (χ1v) is 6.51. The van der Waals surface area contributed by atoms with Crippen molar-refractivity contribution in [2.45, 2.75) is 0 Å². The summed E-state index contributed by atoms with van der Waals surface area (Å²) in [6.45, 7) is 0. The molecule has 23 heavy (non-hydrogen) atoms. The van der Waals surface area contributed by atoms with Gasteiger partial charge < -0.3 is 20.3 Å². The van der Waals surface area contributed by atoms with Gasteiger partial charge >= 0.3 is 5.69 Å². The fourth-order valence-corrected chi connectivity index (χ4v) is 2.13. The Morgan fingerprint density at radius 3 is 2.30 bits per heavy atom. The van der Waals surface area contributed by atoms with Crippen molar-refractivity contribution in [2.24, 2.45) is 0 Å². The summed E-state index contributed by atoms with van der Waals surface area (Å²) in [5.41, 5.74) is 1.27. The predicted molar refractivity (Wildman–Crippen MR) is 81.1 cm³/mol. The molecule has 0 radical (unpaired) electrons. The number of H-pyrrole nitrogens is 1. The number of imidazole rings is 1. The number of nitrogens with zero attached hydrogens (tertiary/aromatic N) is 2. The molecule has 1 aromatic heterocycles. The smallest absolute Gasteiger partial charge is 0.310 e. The van der Waals surface area contributed by atoms with Gasteiger partial charge in [0.25, 0.3) is 0 Å². The van der Waals surface area contributed by atoms with Crippen molar-refractivity contribution >= 4 is 5.69 Å². The monoisotopic (exact) mass is 313 g/mol. The van der Waals surface area contributed by atoms with Crippen molar-refractivity contribution < 1.29 is 20.2 Å². The molecule has 0 spiro atoms. The van der Waals surface area contributed by atoms with Gasteiger partial charge in [0.15, 0.2) is 17.2 Å². The first kappa shape index (κ1) is 14.4. The normalized spacial score (nSPS) is 10.6. The van der Waals surface area contributed by atoms with Gasteiger partial charge in [-0.2, -0.15) is 0 Å². The molecule has 0 unspecified atom stereocenters. The van der Waals surface area contributed by atoms with E-state index in [9.17, 15) is 25.4 Å². The molecule has 2 aromatic carbocycles. The van der Waals surface area contributed by atoms with Crippen molar-refractivity contribution in [1.82, 2.24) is 9.97 Å². The highest BCUT2D eigenvalue weighted by molar-refractivity contribution is 5.68. The number of nitro groups is 1. The van der Waals surface area contributed by atoms with Crippen LogP contribution in [0.15, 0.2) is 42.6 Å². The largest absolute Gasteiger partial charge is 0.504 e. The molecule has 0 amide bonds. The van der Waals surface area contributed by atoms with Crippen molar-refractivity contribution in [3.8, 4) is 39.9 Å². The Morgan fingerprint density at radius 2 is 1.65 bits per heavy atom. The summed E-state index contributed by atoms with van der Waals surface area (Å²) < 4.78 is 0. The number of hydrogen-bond donors (Lipinski definition) is 4. The maximum absolute atomic E-state index is 10.7. The van der Waals surface area contributed by atoms with Crippen LogP contribution in [0.5, 0.6) is 17.2 Å². The Balaban J connectivity index is 1.97. The van der Waals surface area contributed by atoms with Crippen molar-refractivity contribution in [3.63, 3.8) is 0 Å². The summed E-state index contributed by atoms with van der Waals surface area (Å²) in [7, 11) is 0. The Hall–Kier alpha value is -3.55. The molecule has 116 valence electrons. The molecular formula is C15H11N3O5. The fourth-order valence-electron chi connectivity index (χ4n) is 2.13. The third-order valence-electron chi connectivity index (χ3n) is 3.31. The minimum absolute atomic E-state index is 0.228. The molecule has 0 fully saturated rings. The second-order valence-electron chi connectivity index (χ2n) is 4.81. The van der Waals surface area contributed by atoms with Crippen LogP contribution in [0.25, 0.3) is 22.6 Å². The average molecular weight is 313 g/mol. The van der Waals surface area contributed by atoms with E-state index < -0.39 is 10.7 Å². The minimum Gasteiger partial charge on any atom is -0.504 e. The van der Waals surface area contributed by atoms with E-state index >= 15 is 0 Å². The molecule has 0 saturated carbocycles. The summed E-state index contributed by atoms with van der Waals surface area (Å²) in [6, 6.07) is 8.23. The van der Waals surface area contributed by atoms with Crippen LogP contribution in [-0.4, -0.2) is 30.2 Å². The Morgan fingerprint density at radius 1 is 0.957 bits per heavy atom. The molecule has 0 aliphatic heterocycles. The molecule has 3 rings (SSSR count). The van der Waals surface area contributed by atoms with E-state index in [2.05, 4.69) is 9.97 Å². The van der Waals surface area contributed by atoms with Gasteiger partial charge in [0.05, 0.1) is 16.8 Å². The van der Waals surface area contributed by atoms with Crippen LogP contribution in [0.2, 0.25) is 0 Å². The summed E-state index contributed by atoms with van der Waals surface area (Å²) in [5.74, 6) is -0.536. The number of nitrogens with one attached hydrogen (secondary N) is 1. The standard InChI is InChI=1S/C15H11N3O5/c19-12-4-2-8(5-14(12)21)10-7-16-15(17-10)9-1-3-11(18(22)23)13(20)6-9/h1-7,19-21H,(H,16,17). The number of aromatic hydroxyl groups is 3. The minimum atomic E-state index is -0.675. The van der Waals surface area contributed by atoms with E-state index in [1.165, 1.54) is 36.5 Å². The lowest BCUT2D eigenvalue weighted by molar-refractivity contribution is -0.385. The third-order valence-corrected chi connectivity index (χ3v) is 3.31. The van der Waals surface area contributed by atoms with Crippen LogP contribution < -0.4 is 0 Å². The zero-order valence-corrected chi connectivity index (χ0v) is 11.6. The van der Waals surface area contributed by atoms with Crippen molar-refractivity contribution in [2.75, 3.05) is 0 Å². The quantitative estimate of drug-likeness (QED) is 0.334. The first-order valence-electron chi connectivity index (χ1n) is 6.51. The second kappa shape index (κ2) is 5.34. The number of phenolic OH excluding ortho intramolecular Hbond substituents is 3. The van der Waals surface area contributed by atoms with E-state index in [0.29, 0.717) is 22.6 Å². The Labute approximate surface area is 129 Å². The highest BCUT2D eigenvalue weighted by atomic mass is 16.6. The van der Waals surface area contributed by atoms with Crippen LogP contribution >= 0.6 is 0 Å². The van der Waals surface area contributed by atoms with E-state index in [4.69, 9.17) is 0 Å². The van der Waals surface area contributed by atoms with Gasteiger partial charge in [-0.3, -0.25) is 10.1 Å². The lowest BCUT2D eigenvalue weighted by Gasteiger charge is -2.02. The van der Waals surface area contributed by atoms with Crippen LogP contribution in [-0.2, 0) is 0 Å². The van der Waals surface area contributed by atoms with E-state index in [0.717, 1.165) is 0 Å². The first-order chi connectivity index (χ1) is 11.0. The molecule has 0 aliphatic rings. The van der Waals surface area contributed by atoms with Gasteiger partial charge in [0, 0.05) is 17.2 Å². The Bertz CT molecular complexity index is 904. The highest BCUT2D eigenvalue weighted by Gasteiger charge is 2.15. The summed E-state index contributed by atoms with van der Waals surface area (Å²) in [6.07, 6.45) is 1.51. The molecule has 8 heteroatoms. The summed E-state index contributed by atoms with van der Waals surface area (Å²) >= 11 is 0. The van der Waals surface area contributed by atoms with Gasteiger partial charge in [-0.1, -0.05) is 0 Å². The molecule has 0 aliphatic carbocycles. The zero-order valence-electron chi connectivity index (χ0n) is 11.6. The van der Waals surface area contributed by atoms with Gasteiger partial charge in [-0.25, -0.2) is 4.98 Å². The molecule has 0 saturated heterocycles. The van der Waals surface area contributed by atoms with Crippen molar-refractivity contribution in [3.05, 3.63) is 52.7 Å². The maximum atomic E-state index is 10.7. The van der Waals surface area contributed by atoms with Crippen LogP contribution in [0, 0.1) is 10.1 Å². The topological polar surface area (TPSA) is 133 Å². The second-order valence-corrected chi connectivity index (χ2v) is 4.81. The maximum Gasteiger partial charge on any atom is 0.310 e. The molecule has 8 nitrogen and oxygen atoms in total. The highest BCUT2D eigenvalue weighted by Crippen LogP contribution is 2.33. The predicted octanol–water partition coefficient (Wildman–Crippen LogP) is 2.77. The number of nitro benzene ring substituents is 1. The van der Waals surface area contributed by atoms with Gasteiger partial charge in [0.1, 0.15) is 5.82 Å². The average Bonchev–Trinajstić information content (AvgIpc) is 2.99. The number of aromatic nitrogens is 2. The van der Waals surface area contributed by atoms with Gasteiger partial charge in [-0.05, 0) is 30.3 Å². The van der Waals surface area contributed by atoms with E-state index in [-0.39, 0.29) is 17.2 Å². The molecule has 4 N–H and O–H groups in total. The van der Waals surface area contributed by atoms with Crippen LogP contribution in [0.4, 0.5) is 5.69 Å². The number of rotatable bonds is 3. The number of aromatic amines is 1. The Kier molecular flexibility index (Phi) is 3.34. The summed E-state index contributed by atoms with van der Waals surface area (Å²) in [4.78, 5) is 17.2. The number of hydrogen-bond acceptors (Lipinski definition) is 6. The summed E-state index contributed by atoms with van der Waals surface area (Å²) in [5, 5.41) is 39.2.